The van der Waals surface area contributed by atoms with E-state index in [0.29, 0.717) is 18.3 Å². The molecule has 1 atom stereocenters. The summed E-state index contributed by atoms with van der Waals surface area (Å²) in [6, 6.07) is 6.62. The van der Waals surface area contributed by atoms with Crippen LogP contribution in [0.2, 0.25) is 0 Å². The second kappa shape index (κ2) is 8.00. The Kier molecular flexibility index (Phi) is 6.02. The number of methoxy groups -OCH3 is 1. The SMILES string of the molecule is COCC1CCCN(CCOc2cccc(C(=O)O)c2)C1. The summed E-state index contributed by atoms with van der Waals surface area (Å²) in [6.45, 7) is 4.39. The summed E-state index contributed by atoms with van der Waals surface area (Å²) < 4.78 is 10.9. The van der Waals surface area contributed by atoms with E-state index in [1.165, 1.54) is 12.8 Å². The quantitative estimate of drug-likeness (QED) is 0.834. The summed E-state index contributed by atoms with van der Waals surface area (Å²) >= 11 is 0. The largest absolute Gasteiger partial charge is 0.492 e. The zero-order chi connectivity index (χ0) is 15.1. The van der Waals surface area contributed by atoms with Crippen molar-refractivity contribution in [1.82, 2.24) is 4.90 Å². The molecule has 1 aliphatic rings. The number of carboxylic acids is 1. The Morgan fingerprint density at radius 3 is 3.10 bits per heavy atom. The van der Waals surface area contributed by atoms with Crippen molar-refractivity contribution in [2.45, 2.75) is 12.8 Å². The molecule has 1 fully saturated rings. The van der Waals surface area contributed by atoms with Gasteiger partial charge in [0.05, 0.1) is 12.2 Å². The lowest BCUT2D eigenvalue weighted by atomic mass is 9.99. The van der Waals surface area contributed by atoms with Gasteiger partial charge in [0.15, 0.2) is 0 Å². The molecule has 116 valence electrons. The number of likely N-dealkylation sites (tertiary alicyclic amines) is 1. The molecule has 0 amide bonds. The number of piperidine rings is 1. The Balaban J connectivity index is 1.76. The number of benzene rings is 1. The number of aromatic carboxylic acids is 1. The van der Waals surface area contributed by atoms with Gasteiger partial charge in [0.25, 0.3) is 0 Å². The average Bonchev–Trinajstić information content (AvgIpc) is 2.48. The minimum Gasteiger partial charge on any atom is -0.492 e. The number of carboxylic acid groups (broad SMARTS) is 1. The topological polar surface area (TPSA) is 59.0 Å². The molecule has 1 N–H and O–H groups in total. The van der Waals surface area contributed by atoms with Gasteiger partial charge in [-0.25, -0.2) is 4.79 Å². The summed E-state index contributed by atoms with van der Waals surface area (Å²) in [5.41, 5.74) is 0.255. The number of hydrogen-bond acceptors (Lipinski definition) is 4. The number of ether oxygens (including phenoxy) is 2. The van der Waals surface area contributed by atoms with Crippen LogP contribution in [0.4, 0.5) is 0 Å². The number of nitrogens with zero attached hydrogens (tertiary/aromatic N) is 1. The van der Waals surface area contributed by atoms with E-state index in [-0.39, 0.29) is 5.56 Å². The standard InChI is InChI=1S/C16H23NO4/c1-20-12-13-4-3-7-17(11-13)8-9-21-15-6-2-5-14(10-15)16(18)19/h2,5-6,10,13H,3-4,7-9,11-12H2,1H3,(H,18,19). The van der Waals surface area contributed by atoms with E-state index in [1.807, 2.05) is 0 Å². The van der Waals surface area contributed by atoms with Gasteiger partial charge in [-0.15, -0.1) is 0 Å². The smallest absolute Gasteiger partial charge is 0.335 e. The van der Waals surface area contributed by atoms with Crippen molar-refractivity contribution in [1.29, 1.82) is 0 Å². The van der Waals surface area contributed by atoms with Gasteiger partial charge in [0.2, 0.25) is 0 Å². The lowest BCUT2D eigenvalue weighted by molar-refractivity contribution is 0.0696. The third-order valence-electron chi connectivity index (χ3n) is 3.76. The van der Waals surface area contributed by atoms with Crippen molar-refractivity contribution in [2.24, 2.45) is 5.92 Å². The molecule has 1 aromatic carbocycles. The van der Waals surface area contributed by atoms with Crippen LogP contribution in [0.5, 0.6) is 5.75 Å². The first-order valence-electron chi connectivity index (χ1n) is 7.36. The van der Waals surface area contributed by atoms with Crippen LogP contribution in [-0.2, 0) is 4.74 Å². The molecule has 5 heteroatoms. The maximum atomic E-state index is 10.9. The first-order valence-corrected chi connectivity index (χ1v) is 7.36. The van der Waals surface area contributed by atoms with Crippen LogP contribution in [0.3, 0.4) is 0 Å². The molecule has 0 radical (unpaired) electrons. The molecule has 1 aromatic rings. The monoisotopic (exact) mass is 293 g/mol. The predicted octanol–water partition coefficient (Wildman–Crippen LogP) is 2.12. The summed E-state index contributed by atoms with van der Waals surface area (Å²) in [4.78, 5) is 13.3. The average molecular weight is 293 g/mol. The lowest BCUT2D eigenvalue weighted by Gasteiger charge is -2.32. The van der Waals surface area contributed by atoms with Crippen molar-refractivity contribution < 1.29 is 19.4 Å². The third-order valence-corrected chi connectivity index (χ3v) is 3.76. The summed E-state index contributed by atoms with van der Waals surface area (Å²) in [5, 5.41) is 8.94. The van der Waals surface area contributed by atoms with Gasteiger partial charge in [0.1, 0.15) is 12.4 Å². The molecule has 1 aliphatic heterocycles. The van der Waals surface area contributed by atoms with E-state index >= 15 is 0 Å². The Labute approximate surface area is 125 Å². The maximum absolute atomic E-state index is 10.9. The van der Waals surface area contributed by atoms with Crippen molar-refractivity contribution in [2.75, 3.05) is 40.0 Å². The Hall–Kier alpha value is -1.59. The fourth-order valence-corrected chi connectivity index (χ4v) is 2.74. The molecular formula is C16H23NO4. The highest BCUT2D eigenvalue weighted by Crippen LogP contribution is 2.17. The molecular weight excluding hydrogens is 270 g/mol. The molecule has 21 heavy (non-hydrogen) atoms. The fourth-order valence-electron chi connectivity index (χ4n) is 2.74. The molecule has 1 unspecified atom stereocenters. The molecule has 5 nitrogen and oxygen atoms in total. The van der Waals surface area contributed by atoms with Gasteiger partial charge < -0.3 is 14.6 Å². The molecule has 1 saturated heterocycles. The first kappa shape index (κ1) is 15.8. The van der Waals surface area contributed by atoms with Crippen molar-refractivity contribution in [3.8, 4) is 5.75 Å². The van der Waals surface area contributed by atoms with Gasteiger partial charge >= 0.3 is 5.97 Å². The highest BCUT2D eigenvalue weighted by molar-refractivity contribution is 5.87. The minimum absolute atomic E-state index is 0.255. The number of hydrogen-bond donors (Lipinski definition) is 1. The van der Waals surface area contributed by atoms with E-state index in [0.717, 1.165) is 26.2 Å². The second-order valence-electron chi connectivity index (χ2n) is 5.45. The molecule has 0 aromatic heterocycles. The Bertz CT molecular complexity index is 461. The van der Waals surface area contributed by atoms with Crippen molar-refractivity contribution >= 4 is 5.97 Å². The van der Waals surface area contributed by atoms with Crippen molar-refractivity contribution in [3.63, 3.8) is 0 Å². The van der Waals surface area contributed by atoms with Crippen LogP contribution >= 0.6 is 0 Å². The maximum Gasteiger partial charge on any atom is 0.335 e. The highest BCUT2D eigenvalue weighted by Gasteiger charge is 2.19. The highest BCUT2D eigenvalue weighted by atomic mass is 16.5. The molecule has 0 saturated carbocycles. The Morgan fingerprint density at radius 1 is 1.48 bits per heavy atom. The zero-order valence-corrected chi connectivity index (χ0v) is 12.5. The summed E-state index contributed by atoms with van der Waals surface area (Å²) in [5.74, 6) is 0.290. The van der Waals surface area contributed by atoms with Gasteiger partial charge in [-0.3, -0.25) is 4.90 Å². The van der Waals surface area contributed by atoms with Crippen LogP contribution in [0.25, 0.3) is 0 Å². The van der Waals surface area contributed by atoms with Gasteiger partial charge in [-0.2, -0.15) is 0 Å². The van der Waals surface area contributed by atoms with Crippen LogP contribution in [0.1, 0.15) is 23.2 Å². The third kappa shape index (κ3) is 5.02. The fraction of sp³-hybridized carbons (Fsp3) is 0.562. The van der Waals surface area contributed by atoms with Crippen LogP contribution in [0, 0.1) is 5.92 Å². The van der Waals surface area contributed by atoms with E-state index < -0.39 is 5.97 Å². The molecule has 2 rings (SSSR count). The molecule has 0 spiro atoms. The lowest BCUT2D eigenvalue weighted by Crippen LogP contribution is -2.39. The van der Waals surface area contributed by atoms with E-state index in [9.17, 15) is 4.79 Å². The second-order valence-corrected chi connectivity index (χ2v) is 5.45. The van der Waals surface area contributed by atoms with Gasteiger partial charge in [-0.05, 0) is 43.5 Å². The molecule has 0 bridgehead atoms. The Morgan fingerprint density at radius 2 is 2.33 bits per heavy atom. The van der Waals surface area contributed by atoms with Gasteiger partial charge in [-0.1, -0.05) is 6.07 Å². The summed E-state index contributed by atoms with van der Waals surface area (Å²) in [6.07, 6.45) is 2.42. The normalized spacial score (nSPS) is 19.4. The summed E-state index contributed by atoms with van der Waals surface area (Å²) in [7, 11) is 1.75. The molecule has 1 heterocycles. The predicted molar refractivity (Wildman–Crippen MR) is 79.9 cm³/mol. The van der Waals surface area contributed by atoms with E-state index in [4.69, 9.17) is 14.6 Å². The van der Waals surface area contributed by atoms with Crippen LogP contribution in [0.15, 0.2) is 24.3 Å². The number of rotatable bonds is 7. The van der Waals surface area contributed by atoms with Crippen LogP contribution in [-0.4, -0.2) is 55.9 Å². The first-order chi connectivity index (χ1) is 10.2. The molecule has 0 aliphatic carbocycles. The van der Waals surface area contributed by atoms with Gasteiger partial charge in [0, 0.05) is 20.2 Å². The van der Waals surface area contributed by atoms with Crippen molar-refractivity contribution in [3.05, 3.63) is 29.8 Å². The zero-order valence-electron chi connectivity index (χ0n) is 12.5. The van der Waals surface area contributed by atoms with E-state index in [2.05, 4.69) is 4.90 Å². The number of carbonyl (C=O) groups is 1. The minimum atomic E-state index is -0.932. The van der Waals surface area contributed by atoms with E-state index in [1.54, 1.807) is 31.4 Å². The van der Waals surface area contributed by atoms with Crippen LogP contribution < -0.4 is 4.74 Å².